The molecule has 0 saturated carbocycles. The molecule has 3 nitrogen and oxygen atoms in total. The van der Waals surface area contributed by atoms with Crippen LogP contribution in [-0.2, 0) is 0 Å². The molecule has 0 saturated heterocycles. The van der Waals surface area contributed by atoms with Crippen molar-refractivity contribution in [2.24, 2.45) is 0 Å². The zero-order chi connectivity index (χ0) is 39.8. The Morgan fingerprint density at radius 2 is 0.817 bits per heavy atom. The Hall–Kier alpha value is -8.01. The summed E-state index contributed by atoms with van der Waals surface area (Å²) in [5.41, 5.74) is 14.5. The van der Waals surface area contributed by atoms with Gasteiger partial charge in [-0.25, -0.2) is 4.98 Å². The highest BCUT2D eigenvalue weighted by Crippen LogP contribution is 2.40. The molecule has 0 atom stereocenters. The van der Waals surface area contributed by atoms with Crippen molar-refractivity contribution in [3.8, 4) is 50.5 Å². The molecule has 11 rings (SSSR count). The Bertz CT molecular complexity index is 3280. The molecule has 282 valence electrons. The molecule has 0 N–H and O–H groups in total. The smallest absolute Gasteiger partial charge is 0.145 e. The molecule has 0 spiro atoms. The van der Waals surface area contributed by atoms with E-state index in [1.807, 2.05) is 6.07 Å². The molecule has 0 radical (unpaired) electrons. The SMILES string of the molecule is c1ccc(-c2ccc(N(c3ccc(-c4cccc(-c5ccc6nc(-c7ccccc7)n(-c7ccccc7)c6c5)c4)cc3)c3ccc4c(ccc5ccccc54)c3)cc2)cc1. The summed E-state index contributed by atoms with van der Waals surface area (Å²) in [5, 5.41) is 4.99. The van der Waals surface area contributed by atoms with Gasteiger partial charge in [-0.1, -0.05) is 170 Å². The fourth-order valence-corrected chi connectivity index (χ4v) is 8.58. The normalized spacial score (nSPS) is 11.3. The summed E-state index contributed by atoms with van der Waals surface area (Å²) in [6, 6.07) is 84.8. The Morgan fingerprint density at radius 1 is 0.317 bits per heavy atom. The Balaban J connectivity index is 0.963. The second-order valence-electron chi connectivity index (χ2n) is 15.2. The fourth-order valence-electron chi connectivity index (χ4n) is 8.58. The van der Waals surface area contributed by atoms with Gasteiger partial charge in [-0.2, -0.15) is 0 Å². The first-order chi connectivity index (χ1) is 29.7. The van der Waals surface area contributed by atoms with E-state index in [2.05, 4.69) is 240 Å². The third-order valence-corrected chi connectivity index (χ3v) is 11.6. The summed E-state index contributed by atoms with van der Waals surface area (Å²) in [4.78, 5) is 7.49. The number of benzene rings is 10. The Morgan fingerprint density at radius 3 is 1.53 bits per heavy atom. The minimum Gasteiger partial charge on any atom is -0.310 e. The molecule has 60 heavy (non-hydrogen) atoms. The number of fused-ring (bicyclic) bond motifs is 4. The summed E-state index contributed by atoms with van der Waals surface area (Å²) in [5.74, 6) is 0.932. The lowest BCUT2D eigenvalue weighted by Crippen LogP contribution is -2.09. The number of anilines is 3. The van der Waals surface area contributed by atoms with Crippen LogP contribution < -0.4 is 4.90 Å². The number of hydrogen-bond acceptors (Lipinski definition) is 2. The minimum absolute atomic E-state index is 0.932. The van der Waals surface area contributed by atoms with Gasteiger partial charge in [0.25, 0.3) is 0 Å². The maximum Gasteiger partial charge on any atom is 0.145 e. The van der Waals surface area contributed by atoms with Gasteiger partial charge in [0.1, 0.15) is 5.82 Å². The first-order valence-corrected chi connectivity index (χ1v) is 20.4. The van der Waals surface area contributed by atoms with Crippen LogP contribution in [0.2, 0.25) is 0 Å². The lowest BCUT2D eigenvalue weighted by Gasteiger charge is -2.26. The average molecular weight is 766 g/mol. The van der Waals surface area contributed by atoms with Crippen molar-refractivity contribution in [1.29, 1.82) is 0 Å². The molecule has 0 aliphatic carbocycles. The molecule has 11 aromatic rings. The van der Waals surface area contributed by atoms with Crippen LogP contribution in [0.1, 0.15) is 0 Å². The number of imidazole rings is 1. The number of nitrogens with zero attached hydrogens (tertiary/aromatic N) is 3. The zero-order valence-corrected chi connectivity index (χ0v) is 32.9. The highest BCUT2D eigenvalue weighted by molar-refractivity contribution is 6.08. The zero-order valence-electron chi connectivity index (χ0n) is 32.9. The van der Waals surface area contributed by atoms with Crippen molar-refractivity contribution in [3.63, 3.8) is 0 Å². The van der Waals surface area contributed by atoms with Gasteiger partial charge in [-0.3, -0.25) is 4.57 Å². The molecule has 0 bridgehead atoms. The largest absolute Gasteiger partial charge is 0.310 e. The second-order valence-corrected chi connectivity index (χ2v) is 15.2. The predicted octanol–water partition coefficient (Wildman–Crippen LogP) is 15.5. The van der Waals surface area contributed by atoms with Crippen molar-refractivity contribution in [2.75, 3.05) is 4.90 Å². The maximum absolute atomic E-state index is 5.13. The lowest BCUT2D eigenvalue weighted by atomic mass is 9.98. The molecule has 0 amide bonds. The molecule has 1 aromatic heterocycles. The van der Waals surface area contributed by atoms with E-state index < -0.39 is 0 Å². The van der Waals surface area contributed by atoms with Crippen molar-refractivity contribution in [3.05, 3.63) is 237 Å². The molecule has 10 aromatic carbocycles. The number of aromatic nitrogens is 2. The maximum atomic E-state index is 5.13. The second kappa shape index (κ2) is 15.1. The van der Waals surface area contributed by atoms with Gasteiger partial charge >= 0.3 is 0 Å². The molecular weight excluding hydrogens is 727 g/mol. The molecule has 0 fully saturated rings. The van der Waals surface area contributed by atoms with Gasteiger partial charge in [0.2, 0.25) is 0 Å². The molecular formula is C57H39N3. The summed E-state index contributed by atoms with van der Waals surface area (Å²) >= 11 is 0. The van der Waals surface area contributed by atoms with Crippen LogP contribution in [0.4, 0.5) is 17.1 Å². The van der Waals surface area contributed by atoms with E-state index in [0.29, 0.717) is 0 Å². The van der Waals surface area contributed by atoms with E-state index in [1.54, 1.807) is 0 Å². The quantitative estimate of drug-likeness (QED) is 0.144. The topological polar surface area (TPSA) is 21.1 Å². The third-order valence-electron chi connectivity index (χ3n) is 11.6. The van der Waals surface area contributed by atoms with Crippen LogP contribution in [0.3, 0.4) is 0 Å². The van der Waals surface area contributed by atoms with Crippen LogP contribution in [0, 0.1) is 0 Å². The van der Waals surface area contributed by atoms with E-state index in [4.69, 9.17) is 4.98 Å². The van der Waals surface area contributed by atoms with Crippen LogP contribution >= 0.6 is 0 Å². The lowest BCUT2D eigenvalue weighted by molar-refractivity contribution is 1.10. The van der Waals surface area contributed by atoms with Gasteiger partial charge in [-0.15, -0.1) is 0 Å². The fraction of sp³-hybridized carbons (Fsp3) is 0. The Kier molecular flexibility index (Phi) is 8.83. The van der Waals surface area contributed by atoms with E-state index in [9.17, 15) is 0 Å². The molecule has 0 aliphatic heterocycles. The number of para-hydroxylation sites is 1. The van der Waals surface area contributed by atoms with Gasteiger partial charge in [0, 0.05) is 28.3 Å². The molecule has 0 unspecified atom stereocenters. The van der Waals surface area contributed by atoms with Crippen LogP contribution in [0.25, 0.3) is 83.0 Å². The number of rotatable bonds is 8. The van der Waals surface area contributed by atoms with E-state index >= 15 is 0 Å². The first-order valence-electron chi connectivity index (χ1n) is 20.4. The summed E-state index contributed by atoms with van der Waals surface area (Å²) in [6.07, 6.45) is 0. The summed E-state index contributed by atoms with van der Waals surface area (Å²) < 4.78 is 2.27. The van der Waals surface area contributed by atoms with Crippen LogP contribution in [-0.4, -0.2) is 9.55 Å². The molecule has 0 aliphatic rings. The number of hydrogen-bond donors (Lipinski definition) is 0. The van der Waals surface area contributed by atoms with Crippen molar-refractivity contribution < 1.29 is 0 Å². The standard InChI is InChI=1S/C57H39N3/c1-4-13-40(14-5-1)41-25-30-50(31-26-41)59(52-34-35-54-48(38-52)24-23-43-15-10-11-22-53(43)54)51-32-27-42(28-33-51)45-18-12-19-46(37-45)47-29-36-55-56(39-47)60(49-20-8-3-9-21-49)57(58-55)44-16-6-2-7-17-44/h1-39H. The minimum atomic E-state index is 0.932. The summed E-state index contributed by atoms with van der Waals surface area (Å²) in [7, 11) is 0. The predicted molar refractivity (Wildman–Crippen MR) is 253 cm³/mol. The summed E-state index contributed by atoms with van der Waals surface area (Å²) in [6.45, 7) is 0. The van der Waals surface area contributed by atoms with Crippen molar-refractivity contribution in [2.45, 2.75) is 0 Å². The molecule has 3 heteroatoms. The van der Waals surface area contributed by atoms with E-state index in [0.717, 1.165) is 67.4 Å². The van der Waals surface area contributed by atoms with Gasteiger partial charge in [0.15, 0.2) is 0 Å². The van der Waals surface area contributed by atoms with Gasteiger partial charge < -0.3 is 4.90 Å². The van der Waals surface area contributed by atoms with Crippen molar-refractivity contribution in [1.82, 2.24) is 9.55 Å². The Labute approximate surface area is 349 Å². The highest BCUT2D eigenvalue weighted by Gasteiger charge is 2.17. The van der Waals surface area contributed by atoms with Crippen molar-refractivity contribution >= 4 is 49.6 Å². The highest BCUT2D eigenvalue weighted by atomic mass is 15.1. The monoisotopic (exact) mass is 765 g/mol. The van der Waals surface area contributed by atoms with E-state index in [1.165, 1.54) is 32.7 Å². The average Bonchev–Trinajstić information content (AvgIpc) is 3.72. The van der Waals surface area contributed by atoms with Crippen LogP contribution in [0.15, 0.2) is 237 Å². The van der Waals surface area contributed by atoms with Gasteiger partial charge in [0.05, 0.1) is 11.0 Å². The van der Waals surface area contributed by atoms with Gasteiger partial charge in [-0.05, 0) is 122 Å². The van der Waals surface area contributed by atoms with Crippen LogP contribution in [0.5, 0.6) is 0 Å². The first kappa shape index (κ1) is 35.2. The molecule has 1 heterocycles. The third kappa shape index (κ3) is 6.49. The van der Waals surface area contributed by atoms with E-state index in [-0.39, 0.29) is 0 Å².